The molecule has 194 valence electrons. The number of aliphatic carboxylic acids is 1. The van der Waals surface area contributed by atoms with Crippen LogP contribution >= 0.6 is 0 Å². The summed E-state index contributed by atoms with van der Waals surface area (Å²) >= 11 is 0. The second-order valence-corrected chi connectivity index (χ2v) is 9.10. The van der Waals surface area contributed by atoms with Crippen LogP contribution in [0.15, 0.2) is 42.0 Å². The number of ether oxygens (including phenoxy) is 2. The van der Waals surface area contributed by atoms with E-state index in [2.05, 4.69) is 0 Å². The van der Waals surface area contributed by atoms with Gasteiger partial charge in [0.1, 0.15) is 18.0 Å². The van der Waals surface area contributed by atoms with Crippen LogP contribution in [0.2, 0.25) is 0 Å². The van der Waals surface area contributed by atoms with Gasteiger partial charge in [-0.1, -0.05) is 25.1 Å². The number of aliphatic hydroxyl groups excluding tert-OH is 3. The van der Waals surface area contributed by atoms with E-state index in [-0.39, 0.29) is 24.7 Å². The number of carboxylic acid groups (broad SMARTS) is 1. The summed E-state index contributed by atoms with van der Waals surface area (Å²) in [6.07, 6.45) is 2.12. The first-order valence-corrected chi connectivity index (χ1v) is 11.8. The number of allylic oxidation sites excluding steroid dienone is 1. The summed E-state index contributed by atoms with van der Waals surface area (Å²) in [5.74, 6) is -1.77. The number of aliphatic hydroxyl groups is 3. The largest absolute Gasteiger partial charge is 0.508 e. The third-order valence-electron chi connectivity index (χ3n) is 6.23. The van der Waals surface area contributed by atoms with E-state index in [4.69, 9.17) is 14.6 Å². The second-order valence-electron chi connectivity index (χ2n) is 9.10. The van der Waals surface area contributed by atoms with Crippen molar-refractivity contribution in [1.29, 1.82) is 0 Å². The van der Waals surface area contributed by atoms with Crippen LogP contribution in [0.25, 0.3) is 6.08 Å². The number of rotatable bonds is 12. The molecule has 6 unspecified atom stereocenters. The number of aromatic hydroxyl groups is 1. The van der Waals surface area contributed by atoms with Crippen LogP contribution in [0.1, 0.15) is 45.1 Å². The molecule has 0 radical (unpaired) electrons. The lowest BCUT2D eigenvalue weighted by Gasteiger charge is -2.40. The van der Waals surface area contributed by atoms with Crippen molar-refractivity contribution in [3.05, 3.63) is 47.6 Å². The van der Waals surface area contributed by atoms with E-state index in [1.165, 1.54) is 24.3 Å². The molecule has 1 aromatic rings. The van der Waals surface area contributed by atoms with E-state index in [1.807, 2.05) is 6.92 Å². The van der Waals surface area contributed by atoms with Crippen LogP contribution in [0.3, 0.4) is 0 Å². The molecule has 9 nitrogen and oxygen atoms in total. The van der Waals surface area contributed by atoms with E-state index < -0.39 is 42.3 Å². The molecule has 0 aromatic heterocycles. The molecule has 0 heterocycles. The van der Waals surface area contributed by atoms with Crippen LogP contribution in [-0.4, -0.2) is 75.1 Å². The van der Waals surface area contributed by atoms with Crippen molar-refractivity contribution in [2.24, 2.45) is 11.8 Å². The molecule has 1 aliphatic carbocycles. The van der Waals surface area contributed by atoms with Gasteiger partial charge in [-0.3, -0.25) is 0 Å². The Bertz CT molecular complexity index is 877. The number of phenols is 1. The first-order valence-electron chi connectivity index (χ1n) is 11.8. The van der Waals surface area contributed by atoms with Crippen LogP contribution in [0.5, 0.6) is 5.75 Å². The molecular weight excluding hydrogens is 456 g/mol. The number of hydrogen-bond donors (Lipinski definition) is 5. The number of benzene rings is 1. The predicted molar refractivity (Wildman–Crippen MR) is 128 cm³/mol. The predicted octanol–water partition coefficient (Wildman–Crippen LogP) is 2.27. The quantitative estimate of drug-likeness (QED) is 0.218. The van der Waals surface area contributed by atoms with Crippen molar-refractivity contribution in [2.45, 2.75) is 63.9 Å². The highest BCUT2D eigenvalue weighted by molar-refractivity contribution is 5.87. The number of esters is 1. The zero-order valence-electron chi connectivity index (χ0n) is 20.1. The van der Waals surface area contributed by atoms with Crippen molar-refractivity contribution < 1.29 is 44.6 Å². The maximum Gasteiger partial charge on any atom is 0.330 e. The van der Waals surface area contributed by atoms with E-state index in [9.17, 15) is 30.0 Å². The number of phenolic OH excluding ortho intramolecular Hbond substituents is 1. The lowest BCUT2D eigenvalue weighted by atomic mass is 9.81. The summed E-state index contributed by atoms with van der Waals surface area (Å²) in [5, 5.41) is 49.1. The molecule has 6 atom stereocenters. The molecule has 0 spiro atoms. The maximum absolute atomic E-state index is 12.1. The zero-order chi connectivity index (χ0) is 26.0. The van der Waals surface area contributed by atoms with Gasteiger partial charge in [-0.2, -0.15) is 0 Å². The average Bonchev–Trinajstić information content (AvgIpc) is 2.82. The third-order valence-corrected chi connectivity index (χ3v) is 6.23. The fourth-order valence-electron chi connectivity index (χ4n) is 3.83. The molecule has 0 amide bonds. The Kier molecular flexibility index (Phi) is 11.4. The van der Waals surface area contributed by atoms with Gasteiger partial charge in [0.25, 0.3) is 0 Å². The normalized spacial score (nSPS) is 26.0. The van der Waals surface area contributed by atoms with Gasteiger partial charge in [0.2, 0.25) is 0 Å². The van der Waals surface area contributed by atoms with E-state index >= 15 is 0 Å². The van der Waals surface area contributed by atoms with Crippen molar-refractivity contribution >= 4 is 18.0 Å². The summed E-state index contributed by atoms with van der Waals surface area (Å²) in [5.41, 5.74) is 1.01. The van der Waals surface area contributed by atoms with Crippen LogP contribution in [-0.2, 0) is 19.1 Å². The third kappa shape index (κ3) is 9.45. The fraction of sp³-hybridized carbons (Fsp3) is 0.538. The molecule has 35 heavy (non-hydrogen) atoms. The first-order chi connectivity index (χ1) is 16.6. The Morgan fingerprint density at radius 1 is 1.09 bits per heavy atom. The first kappa shape index (κ1) is 28.5. The molecule has 0 aliphatic heterocycles. The topological polar surface area (TPSA) is 154 Å². The van der Waals surface area contributed by atoms with Crippen LogP contribution < -0.4 is 0 Å². The lowest BCUT2D eigenvalue weighted by Crippen LogP contribution is -2.55. The van der Waals surface area contributed by atoms with E-state index in [0.29, 0.717) is 30.6 Å². The minimum atomic E-state index is -1.42. The molecule has 2 rings (SSSR count). The summed E-state index contributed by atoms with van der Waals surface area (Å²) in [6.45, 7) is 3.77. The Morgan fingerprint density at radius 3 is 2.43 bits per heavy atom. The lowest BCUT2D eigenvalue weighted by molar-refractivity contribution is -0.183. The van der Waals surface area contributed by atoms with Crippen molar-refractivity contribution in [1.82, 2.24) is 0 Å². The highest BCUT2D eigenvalue weighted by Crippen LogP contribution is 2.29. The van der Waals surface area contributed by atoms with Crippen molar-refractivity contribution in [2.75, 3.05) is 13.2 Å². The minimum Gasteiger partial charge on any atom is -0.508 e. The van der Waals surface area contributed by atoms with Gasteiger partial charge in [0.05, 0.1) is 18.8 Å². The Hall–Kier alpha value is -2.72. The zero-order valence-corrected chi connectivity index (χ0v) is 20.1. The van der Waals surface area contributed by atoms with Gasteiger partial charge < -0.3 is 35.0 Å². The van der Waals surface area contributed by atoms with Gasteiger partial charge in [-0.05, 0) is 62.3 Å². The van der Waals surface area contributed by atoms with Crippen LogP contribution in [0.4, 0.5) is 0 Å². The average molecular weight is 493 g/mol. The molecule has 1 aromatic carbocycles. The van der Waals surface area contributed by atoms with Gasteiger partial charge in [-0.15, -0.1) is 0 Å². The van der Waals surface area contributed by atoms with Gasteiger partial charge in [0.15, 0.2) is 0 Å². The summed E-state index contributed by atoms with van der Waals surface area (Å²) < 4.78 is 11.0. The molecule has 0 saturated heterocycles. The fourth-order valence-corrected chi connectivity index (χ4v) is 3.83. The molecule has 9 heteroatoms. The van der Waals surface area contributed by atoms with Gasteiger partial charge >= 0.3 is 11.9 Å². The summed E-state index contributed by atoms with van der Waals surface area (Å²) in [7, 11) is 0. The molecule has 1 aliphatic rings. The number of carboxylic acids is 1. The Labute approximate surface area is 205 Å². The van der Waals surface area contributed by atoms with E-state index in [1.54, 1.807) is 25.1 Å². The van der Waals surface area contributed by atoms with Crippen molar-refractivity contribution in [3.8, 4) is 5.75 Å². The monoisotopic (exact) mass is 492 g/mol. The smallest absolute Gasteiger partial charge is 0.330 e. The SMILES string of the molecule is CC(=CCCC(C)CCOC1CC(COC(=O)C=Cc2ccc(O)cc2)C(O)C(O)C1O)C(=O)O. The molecule has 0 bridgehead atoms. The highest BCUT2D eigenvalue weighted by atomic mass is 16.5. The van der Waals surface area contributed by atoms with E-state index in [0.717, 1.165) is 6.42 Å². The minimum absolute atomic E-state index is 0.117. The van der Waals surface area contributed by atoms with Gasteiger partial charge in [0, 0.05) is 24.2 Å². The summed E-state index contributed by atoms with van der Waals surface area (Å²) in [4.78, 5) is 22.9. The molecule has 5 N–H and O–H groups in total. The van der Waals surface area contributed by atoms with Gasteiger partial charge in [-0.25, -0.2) is 9.59 Å². The molecule has 1 fully saturated rings. The van der Waals surface area contributed by atoms with Crippen LogP contribution in [0, 0.1) is 11.8 Å². The number of hydrogen-bond acceptors (Lipinski definition) is 8. The molecular formula is C26H36O9. The standard InChI is InChI=1S/C26H36O9/c1-16(4-3-5-17(2)26(32)33)12-13-34-21-14-19(23(29)25(31)24(21)30)15-35-22(28)11-8-18-6-9-20(27)10-7-18/h5-11,16,19,21,23-25,27,29-31H,3-4,12-15H2,1-2H3,(H,32,33). The maximum atomic E-state index is 12.1. The Morgan fingerprint density at radius 2 is 1.77 bits per heavy atom. The van der Waals surface area contributed by atoms with Crippen molar-refractivity contribution in [3.63, 3.8) is 0 Å². The highest BCUT2D eigenvalue weighted by Gasteiger charge is 2.43. The second kappa shape index (κ2) is 14.0. The number of carbonyl (C=O) groups excluding carboxylic acids is 1. The Balaban J connectivity index is 1.79. The number of carbonyl (C=O) groups is 2. The molecule has 1 saturated carbocycles. The summed E-state index contributed by atoms with van der Waals surface area (Å²) in [6, 6.07) is 6.26.